The lowest BCUT2D eigenvalue weighted by atomic mass is 10.1. The fourth-order valence-corrected chi connectivity index (χ4v) is 3.38. The highest BCUT2D eigenvalue weighted by atomic mass is 35.5. The Morgan fingerprint density at radius 1 is 1.32 bits per heavy atom. The van der Waals surface area contributed by atoms with Gasteiger partial charge in [0, 0.05) is 6.20 Å². The number of sulfonamides is 1. The van der Waals surface area contributed by atoms with Crippen LogP contribution in [0, 0.1) is 19.8 Å². The maximum atomic E-state index is 12.5. The van der Waals surface area contributed by atoms with E-state index in [9.17, 15) is 8.42 Å². The van der Waals surface area contributed by atoms with Gasteiger partial charge in [0.2, 0.25) is 10.0 Å². The number of hydrogen-bond acceptors (Lipinski definition) is 5. The van der Waals surface area contributed by atoms with E-state index in [0.717, 1.165) is 0 Å². The fourth-order valence-electron chi connectivity index (χ4n) is 1.90. The molecule has 1 atom stereocenters. The minimum atomic E-state index is -3.75. The molecule has 120 valence electrons. The van der Waals surface area contributed by atoms with Crippen molar-refractivity contribution in [2.75, 3.05) is 0 Å². The number of hydrogen-bond donors (Lipinski definition) is 2. The minimum Gasteiger partial charge on any atom is -0.263 e. The van der Waals surface area contributed by atoms with Gasteiger partial charge < -0.3 is 0 Å². The molecule has 2 heterocycles. The van der Waals surface area contributed by atoms with Crippen LogP contribution in [0.25, 0.3) is 0 Å². The summed E-state index contributed by atoms with van der Waals surface area (Å²) in [5, 5.41) is 7.05. The molecule has 0 aliphatic rings. The second kappa shape index (κ2) is 6.31. The lowest BCUT2D eigenvalue weighted by molar-refractivity contribution is 0.445. The van der Waals surface area contributed by atoms with E-state index < -0.39 is 16.1 Å². The molecule has 0 aromatic carbocycles. The maximum Gasteiger partial charge on any atom is 0.242 e. The van der Waals surface area contributed by atoms with Gasteiger partial charge in [-0.15, -0.1) is 0 Å². The van der Waals surface area contributed by atoms with Crippen LogP contribution < -0.4 is 4.72 Å². The van der Waals surface area contributed by atoms with Gasteiger partial charge in [0.1, 0.15) is 15.9 Å². The molecule has 9 heteroatoms. The van der Waals surface area contributed by atoms with Crippen molar-refractivity contribution in [2.45, 2.75) is 38.6 Å². The van der Waals surface area contributed by atoms with E-state index in [4.69, 9.17) is 11.6 Å². The SMILES string of the molecule is Cc1nc([C@@H](NS(=O)(=O)c2cnc(Cl)c(C)c2)C(C)C)n[nH]1. The number of pyridine rings is 1. The Hall–Kier alpha value is -1.51. The van der Waals surface area contributed by atoms with Gasteiger partial charge in [0.25, 0.3) is 0 Å². The molecule has 2 N–H and O–H groups in total. The van der Waals surface area contributed by atoms with Gasteiger partial charge in [-0.05, 0) is 31.4 Å². The van der Waals surface area contributed by atoms with Crippen molar-refractivity contribution < 1.29 is 8.42 Å². The van der Waals surface area contributed by atoms with Crippen LogP contribution in [-0.2, 0) is 10.0 Å². The van der Waals surface area contributed by atoms with E-state index in [2.05, 4.69) is 24.9 Å². The normalized spacial score (nSPS) is 13.5. The number of nitrogens with zero attached hydrogens (tertiary/aromatic N) is 3. The molecule has 2 rings (SSSR count). The third-order valence-electron chi connectivity index (χ3n) is 3.14. The van der Waals surface area contributed by atoms with Crippen LogP contribution in [0.4, 0.5) is 0 Å². The Kier molecular flexibility index (Phi) is 4.84. The summed E-state index contributed by atoms with van der Waals surface area (Å²) in [6, 6.07) is 0.948. The van der Waals surface area contributed by atoms with Gasteiger partial charge >= 0.3 is 0 Å². The topological polar surface area (TPSA) is 101 Å². The standard InChI is InChI=1S/C13H18ClN5O2S/c1-7(2)11(13-16-9(4)17-18-13)19-22(20,21)10-5-8(3)12(14)15-6-10/h5-7,11,19H,1-4H3,(H,16,17,18)/t11-/m0/s1. The summed E-state index contributed by atoms with van der Waals surface area (Å²) in [5.74, 6) is 1.02. The van der Waals surface area contributed by atoms with Crippen molar-refractivity contribution in [3.05, 3.63) is 34.6 Å². The summed E-state index contributed by atoms with van der Waals surface area (Å²) in [6.07, 6.45) is 1.23. The zero-order valence-corrected chi connectivity index (χ0v) is 14.3. The van der Waals surface area contributed by atoms with E-state index in [0.29, 0.717) is 17.2 Å². The quantitative estimate of drug-likeness (QED) is 0.810. The van der Waals surface area contributed by atoms with Crippen molar-refractivity contribution in [1.82, 2.24) is 24.9 Å². The molecule has 0 radical (unpaired) electrons. The highest BCUT2D eigenvalue weighted by Crippen LogP contribution is 2.23. The van der Waals surface area contributed by atoms with Crippen molar-refractivity contribution in [3.63, 3.8) is 0 Å². The fraction of sp³-hybridized carbons (Fsp3) is 0.462. The second-order valence-electron chi connectivity index (χ2n) is 5.40. The molecule has 0 saturated heterocycles. The Morgan fingerprint density at radius 2 is 2.00 bits per heavy atom. The average Bonchev–Trinajstić information content (AvgIpc) is 2.85. The number of halogens is 1. The van der Waals surface area contributed by atoms with Crippen LogP contribution in [0.15, 0.2) is 17.2 Å². The first-order valence-corrected chi connectivity index (χ1v) is 8.60. The summed E-state index contributed by atoms with van der Waals surface area (Å²) in [6.45, 7) is 7.25. The Balaban J connectivity index is 2.34. The van der Waals surface area contributed by atoms with Gasteiger partial charge in [0.15, 0.2) is 5.82 Å². The predicted octanol–water partition coefficient (Wildman–Crippen LogP) is 2.15. The molecule has 0 aliphatic carbocycles. The van der Waals surface area contributed by atoms with Crippen LogP contribution >= 0.6 is 11.6 Å². The summed E-state index contributed by atoms with van der Waals surface area (Å²) in [7, 11) is -3.75. The number of nitrogens with one attached hydrogen (secondary N) is 2. The predicted molar refractivity (Wildman–Crippen MR) is 83.0 cm³/mol. The Labute approximate surface area is 134 Å². The van der Waals surface area contributed by atoms with E-state index in [1.54, 1.807) is 13.8 Å². The van der Waals surface area contributed by atoms with Crippen LogP contribution in [0.2, 0.25) is 5.15 Å². The van der Waals surface area contributed by atoms with Crippen LogP contribution in [-0.4, -0.2) is 28.6 Å². The smallest absolute Gasteiger partial charge is 0.242 e. The van der Waals surface area contributed by atoms with E-state index in [1.165, 1.54) is 12.3 Å². The van der Waals surface area contributed by atoms with Gasteiger partial charge in [-0.2, -0.15) is 5.10 Å². The Bertz CT molecular complexity index is 772. The van der Waals surface area contributed by atoms with Crippen LogP contribution in [0.1, 0.15) is 37.1 Å². The molecule has 7 nitrogen and oxygen atoms in total. The number of aromatic nitrogens is 4. The largest absolute Gasteiger partial charge is 0.263 e. The van der Waals surface area contributed by atoms with Crippen molar-refractivity contribution in [2.24, 2.45) is 5.92 Å². The molecule has 0 saturated carbocycles. The number of aromatic amines is 1. The average molecular weight is 344 g/mol. The summed E-state index contributed by atoms with van der Waals surface area (Å²) in [4.78, 5) is 8.16. The maximum absolute atomic E-state index is 12.5. The van der Waals surface area contributed by atoms with Gasteiger partial charge in [-0.25, -0.2) is 23.1 Å². The van der Waals surface area contributed by atoms with Crippen molar-refractivity contribution in [3.8, 4) is 0 Å². The molecule has 2 aromatic heterocycles. The Morgan fingerprint density at radius 3 is 2.50 bits per heavy atom. The summed E-state index contributed by atoms with van der Waals surface area (Å²) in [5.41, 5.74) is 0.597. The number of rotatable bonds is 5. The molecule has 0 spiro atoms. The van der Waals surface area contributed by atoms with Crippen LogP contribution in [0.5, 0.6) is 0 Å². The molecular weight excluding hydrogens is 326 g/mol. The summed E-state index contributed by atoms with van der Waals surface area (Å²) < 4.78 is 27.7. The number of H-pyrrole nitrogens is 1. The highest BCUT2D eigenvalue weighted by Gasteiger charge is 2.27. The second-order valence-corrected chi connectivity index (χ2v) is 7.47. The molecule has 0 amide bonds. The first-order chi connectivity index (χ1) is 10.2. The molecule has 2 aromatic rings. The molecule has 0 aliphatic heterocycles. The first kappa shape index (κ1) is 16.9. The molecule has 0 fully saturated rings. The highest BCUT2D eigenvalue weighted by molar-refractivity contribution is 7.89. The third kappa shape index (κ3) is 3.63. The lowest BCUT2D eigenvalue weighted by Gasteiger charge is -2.19. The summed E-state index contributed by atoms with van der Waals surface area (Å²) >= 11 is 5.84. The zero-order valence-electron chi connectivity index (χ0n) is 12.8. The molecule has 22 heavy (non-hydrogen) atoms. The van der Waals surface area contributed by atoms with Gasteiger partial charge in [0.05, 0.1) is 6.04 Å². The third-order valence-corrected chi connectivity index (χ3v) is 4.94. The molecular formula is C13H18ClN5O2S. The minimum absolute atomic E-state index is 0.0219. The van der Waals surface area contributed by atoms with Crippen molar-refractivity contribution >= 4 is 21.6 Å². The van der Waals surface area contributed by atoms with Gasteiger partial charge in [-0.1, -0.05) is 25.4 Å². The zero-order chi connectivity index (χ0) is 16.5. The van der Waals surface area contributed by atoms with E-state index in [1.807, 2.05) is 13.8 Å². The number of aryl methyl sites for hydroxylation is 2. The van der Waals surface area contributed by atoms with E-state index in [-0.39, 0.29) is 16.0 Å². The molecule has 0 unspecified atom stereocenters. The van der Waals surface area contributed by atoms with Crippen LogP contribution in [0.3, 0.4) is 0 Å². The van der Waals surface area contributed by atoms with E-state index >= 15 is 0 Å². The monoisotopic (exact) mass is 343 g/mol. The van der Waals surface area contributed by atoms with Crippen molar-refractivity contribution in [1.29, 1.82) is 0 Å². The lowest BCUT2D eigenvalue weighted by Crippen LogP contribution is -2.32. The van der Waals surface area contributed by atoms with Gasteiger partial charge in [-0.3, -0.25) is 5.10 Å². The first-order valence-electron chi connectivity index (χ1n) is 6.74. The molecule has 0 bridgehead atoms.